The molecule has 0 fully saturated rings. The van der Waals surface area contributed by atoms with E-state index in [4.69, 9.17) is 0 Å². The highest BCUT2D eigenvalue weighted by Gasteiger charge is 2.11. The normalized spacial score (nSPS) is 12.9. The van der Waals surface area contributed by atoms with Gasteiger partial charge in [-0.15, -0.1) is 11.3 Å². The molecular weight excluding hydrogens is 214 g/mol. The number of aryl methyl sites for hydroxylation is 1. The molecule has 0 saturated carbocycles. The van der Waals surface area contributed by atoms with E-state index in [1.165, 1.54) is 32.1 Å². The summed E-state index contributed by atoms with van der Waals surface area (Å²) in [7, 11) is 2.03. The van der Waals surface area contributed by atoms with Crippen LogP contribution in [0, 0.1) is 0 Å². The van der Waals surface area contributed by atoms with Crippen LogP contribution >= 0.6 is 11.3 Å². The van der Waals surface area contributed by atoms with E-state index in [0.717, 1.165) is 6.54 Å². The molecule has 1 aromatic heterocycles. The van der Waals surface area contributed by atoms with E-state index in [9.17, 15) is 0 Å². The summed E-state index contributed by atoms with van der Waals surface area (Å²) >= 11 is 1.94. The monoisotopic (exact) mass is 239 g/mol. The van der Waals surface area contributed by atoms with Gasteiger partial charge in [0, 0.05) is 4.88 Å². The topological polar surface area (TPSA) is 12.0 Å². The van der Waals surface area contributed by atoms with Gasteiger partial charge < -0.3 is 5.32 Å². The second-order valence-electron chi connectivity index (χ2n) is 4.56. The van der Waals surface area contributed by atoms with Gasteiger partial charge in [-0.1, -0.05) is 26.7 Å². The molecule has 0 aromatic carbocycles. The lowest BCUT2D eigenvalue weighted by Crippen LogP contribution is -2.10. The fourth-order valence-electron chi connectivity index (χ4n) is 2.04. The van der Waals surface area contributed by atoms with E-state index in [2.05, 4.69) is 30.6 Å². The molecule has 1 rings (SSSR count). The fourth-order valence-corrected chi connectivity index (χ4v) is 3.09. The maximum Gasteiger partial charge on any atom is 0.0106 e. The molecule has 1 N–H and O–H groups in total. The summed E-state index contributed by atoms with van der Waals surface area (Å²) in [6, 6.07) is 2.32. The Morgan fingerprint density at radius 2 is 2.19 bits per heavy atom. The molecule has 1 aromatic rings. The van der Waals surface area contributed by atoms with E-state index in [1.54, 1.807) is 10.4 Å². The summed E-state index contributed by atoms with van der Waals surface area (Å²) in [4.78, 5) is 1.62. The van der Waals surface area contributed by atoms with Gasteiger partial charge in [0.15, 0.2) is 0 Å². The highest BCUT2D eigenvalue weighted by atomic mass is 32.1. The van der Waals surface area contributed by atoms with Crippen molar-refractivity contribution in [2.24, 2.45) is 0 Å². The Balaban J connectivity index is 2.48. The van der Waals surface area contributed by atoms with Gasteiger partial charge in [0.05, 0.1) is 0 Å². The van der Waals surface area contributed by atoms with Crippen LogP contribution in [0.3, 0.4) is 0 Å². The van der Waals surface area contributed by atoms with Crippen LogP contribution in [0.2, 0.25) is 0 Å². The molecule has 2 heteroatoms. The van der Waals surface area contributed by atoms with Gasteiger partial charge in [0.25, 0.3) is 0 Å². The third-order valence-electron chi connectivity index (χ3n) is 3.11. The zero-order valence-electron chi connectivity index (χ0n) is 10.9. The molecule has 16 heavy (non-hydrogen) atoms. The Morgan fingerprint density at radius 1 is 1.38 bits per heavy atom. The number of hydrogen-bond donors (Lipinski definition) is 1. The Kier molecular flexibility index (Phi) is 6.74. The first-order chi connectivity index (χ1) is 7.79. The number of unbranched alkanes of at least 4 members (excludes halogenated alkanes) is 2. The zero-order chi connectivity index (χ0) is 11.8. The van der Waals surface area contributed by atoms with Crippen molar-refractivity contribution >= 4 is 11.3 Å². The van der Waals surface area contributed by atoms with Crippen LogP contribution in [-0.2, 0) is 6.42 Å². The van der Waals surface area contributed by atoms with Crippen LogP contribution in [0.1, 0.15) is 55.9 Å². The van der Waals surface area contributed by atoms with Crippen molar-refractivity contribution in [2.45, 2.75) is 51.9 Å². The summed E-state index contributed by atoms with van der Waals surface area (Å²) in [5.74, 6) is 0.712. The summed E-state index contributed by atoms with van der Waals surface area (Å²) < 4.78 is 0. The minimum absolute atomic E-state index is 0.712. The molecule has 1 heterocycles. The Bertz CT molecular complexity index is 280. The van der Waals surface area contributed by atoms with Crippen molar-refractivity contribution in [2.75, 3.05) is 13.6 Å². The summed E-state index contributed by atoms with van der Waals surface area (Å²) in [5.41, 5.74) is 1.60. The summed E-state index contributed by atoms with van der Waals surface area (Å²) in [5, 5.41) is 5.49. The fraction of sp³-hybridized carbons (Fsp3) is 0.714. The Labute approximate surface area is 104 Å². The Morgan fingerprint density at radius 3 is 2.88 bits per heavy atom. The molecule has 0 spiro atoms. The van der Waals surface area contributed by atoms with Gasteiger partial charge in [-0.25, -0.2) is 0 Å². The lowest BCUT2D eigenvalue weighted by Gasteiger charge is -2.12. The maximum absolute atomic E-state index is 3.24. The predicted molar refractivity (Wildman–Crippen MR) is 74.5 cm³/mol. The highest BCUT2D eigenvalue weighted by Crippen LogP contribution is 2.29. The third kappa shape index (κ3) is 4.26. The predicted octanol–water partition coefficient (Wildman–Crippen LogP) is 4.19. The van der Waals surface area contributed by atoms with Gasteiger partial charge in [-0.3, -0.25) is 0 Å². The molecule has 0 amide bonds. The highest BCUT2D eigenvalue weighted by molar-refractivity contribution is 7.10. The summed E-state index contributed by atoms with van der Waals surface area (Å²) in [6.07, 6.45) is 6.54. The van der Waals surface area contributed by atoms with Crippen molar-refractivity contribution in [3.8, 4) is 0 Å². The van der Waals surface area contributed by atoms with Gasteiger partial charge in [-0.2, -0.15) is 0 Å². The van der Waals surface area contributed by atoms with Gasteiger partial charge in [0.1, 0.15) is 0 Å². The standard InChI is InChI=1S/C14H25NS/c1-4-5-6-7-13-9-11-16-14(13)12(2)8-10-15-3/h9,11-12,15H,4-8,10H2,1-3H3. The van der Waals surface area contributed by atoms with Crippen molar-refractivity contribution in [1.82, 2.24) is 5.32 Å². The Hall–Kier alpha value is -0.340. The van der Waals surface area contributed by atoms with Crippen LogP contribution in [-0.4, -0.2) is 13.6 Å². The van der Waals surface area contributed by atoms with Crippen LogP contribution < -0.4 is 5.32 Å². The molecule has 0 saturated heterocycles. The number of nitrogens with one attached hydrogen (secondary N) is 1. The SMILES string of the molecule is CCCCCc1ccsc1C(C)CCNC. The van der Waals surface area contributed by atoms with Crippen LogP contribution in [0.25, 0.3) is 0 Å². The number of rotatable bonds is 8. The molecule has 0 radical (unpaired) electrons. The second kappa shape index (κ2) is 7.86. The van der Waals surface area contributed by atoms with E-state index in [-0.39, 0.29) is 0 Å². The largest absolute Gasteiger partial charge is 0.320 e. The summed E-state index contributed by atoms with van der Waals surface area (Å²) in [6.45, 7) is 5.74. The number of thiophene rings is 1. The lowest BCUT2D eigenvalue weighted by molar-refractivity contribution is 0.635. The average Bonchev–Trinajstić information content (AvgIpc) is 2.74. The van der Waals surface area contributed by atoms with E-state index < -0.39 is 0 Å². The molecular formula is C14H25NS. The molecule has 92 valence electrons. The van der Waals surface area contributed by atoms with Gasteiger partial charge in [0.2, 0.25) is 0 Å². The first-order valence-corrected chi connectivity index (χ1v) is 7.38. The third-order valence-corrected chi connectivity index (χ3v) is 4.30. The smallest absolute Gasteiger partial charge is 0.0106 e. The van der Waals surface area contributed by atoms with Crippen molar-refractivity contribution in [3.63, 3.8) is 0 Å². The van der Waals surface area contributed by atoms with Crippen LogP contribution in [0.5, 0.6) is 0 Å². The van der Waals surface area contributed by atoms with E-state index in [0.29, 0.717) is 5.92 Å². The van der Waals surface area contributed by atoms with Gasteiger partial charge in [-0.05, 0) is 55.8 Å². The van der Waals surface area contributed by atoms with Crippen LogP contribution in [0.4, 0.5) is 0 Å². The van der Waals surface area contributed by atoms with Gasteiger partial charge >= 0.3 is 0 Å². The maximum atomic E-state index is 3.24. The molecule has 0 bridgehead atoms. The number of hydrogen-bond acceptors (Lipinski definition) is 2. The van der Waals surface area contributed by atoms with Crippen LogP contribution in [0.15, 0.2) is 11.4 Å². The van der Waals surface area contributed by atoms with E-state index >= 15 is 0 Å². The quantitative estimate of drug-likeness (QED) is 0.671. The first kappa shape index (κ1) is 13.7. The molecule has 1 atom stereocenters. The minimum atomic E-state index is 0.712. The van der Waals surface area contributed by atoms with Crippen molar-refractivity contribution < 1.29 is 0 Å². The van der Waals surface area contributed by atoms with Crippen molar-refractivity contribution in [1.29, 1.82) is 0 Å². The van der Waals surface area contributed by atoms with E-state index in [1.807, 2.05) is 18.4 Å². The molecule has 1 nitrogen and oxygen atoms in total. The molecule has 0 aliphatic heterocycles. The minimum Gasteiger partial charge on any atom is -0.320 e. The average molecular weight is 239 g/mol. The molecule has 1 unspecified atom stereocenters. The molecule has 0 aliphatic carbocycles. The molecule has 0 aliphatic rings. The first-order valence-electron chi connectivity index (χ1n) is 6.50. The zero-order valence-corrected chi connectivity index (χ0v) is 11.7. The second-order valence-corrected chi connectivity index (χ2v) is 5.51. The van der Waals surface area contributed by atoms with Crippen molar-refractivity contribution in [3.05, 3.63) is 21.9 Å². The lowest BCUT2D eigenvalue weighted by atomic mass is 9.99.